The summed E-state index contributed by atoms with van der Waals surface area (Å²) in [5.41, 5.74) is -0.338. The van der Waals surface area contributed by atoms with Gasteiger partial charge in [0.25, 0.3) is 5.91 Å². The Labute approximate surface area is 141 Å². The highest BCUT2D eigenvalue weighted by molar-refractivity contribution is 5.93. The number of halogens is 3. The molecule has 25 heavy (non-hydrogen) atoms. The van der Waals surface area contributed by atoms with Gasteiger partial charge in [-0.2, -0.15) is 13.2 Å². The Kier molecular flexibility index (Phi) is 4.52. The first-order valence-electron chi connectivity index (χ1n) is 7.71. The van der Waals surface area contributed by atoms with E-state index < -0.39 is 17.8 Å². The van der Waals surface area contributed by atoms with Gasteiger partial charge in [-0.05, 0) is 23.8 Å². The number of aromatic amines is 1. The van der Waals surface area contributed by atoms with E-state index in [0.29, 0.717) is 5.69 Å². The topological polar surface area (TPSA) is 65.2 Å². The highest BCUT2D eigenvalue weighted by atomic mass is 19.4. The minimum atomic E-state index is -4.47. The smallest absolute Gasteiger partial charge is 0.357 e. The maximum atomic E-state index is 13.1. The van der Waals surface area contributed by atoms with Crippen LogP contribution in [0, 0.1) is 0 Å². The Morgan fingerprint density at radius 3 is 2.68 bits per heavy atom. The molecule has 0 saturated carbocycles. The molecule has 0 spiro atoms. The number of likely N-dealkylation sites (tertiary alicyclic amines) is 1. The summed E-state index contributed by atoms with van der Waals surface area (Å²) in [5.74, 6) is -0.630. The third kappa shape index (κ3) is 3.84. The zero-order valence-electron chi connectivity index (χ0n) is 13.1. The number of rotatable bonds is 4. The molecule has 1 saturated heterocycles. The Balaban J connectivity index is 1.67. The summed E-state index contributed by atoms with van der Waals surface area (Å²) in [6.45, 7) is 0.0425. The van der Waals surface area contributed by atoms with Crippen LogP contribution in [0.2, 0.25) is 0 Å². The molecule has 2 N–H and O–H groups in total. The molecule has 1 aromatic carbocycles. The first kappa shape index (κ1) is 17.1. The highest BCUT2D eigenvalue weighted by Gasteiger charge is 2.36. The van der Waals surface area contributed by atoms with Crippen molar-refractivity contribution in [2.75, 3.05) is 6.54 Å². The average molecular weight is 351 g/mol. The van der Waals surface area contributed by atoms with Crippen LogP contribution in [0.15, 0.2) is 42.6 Å². The van der Waals surface area contributed by atoms with Crippen molar-refractivity contribution < 1.29 is 22.8 Å². The maximum absolute atomic E-state index is 13.1. The summed E-state index contributed by atoms with van der Waals surface area (Å²) in [5, 5.41) is 2.72. The molecular formula is C17H16F3N3O2. The van der Waals surface area contributed by atoms with Gasteiger partial charge in [0, 0.05) is 25.7 Å². The van der Waals surface area contributed by atoms with Crippen LogP contribution in [-0.4, -0.2) is 34.3 Å². The number of carbonyl (C=O) groups excluding carboxylic acids is 2. The van der Waals surface area contributed by atoms with Crippen LogP contribution >= 0.6 is 0 Å². The van der Waals surface area contributed by atoms with E-state index in [4.69, 9.17) is 0 Å². The van der Waals surface area contributed by atoms with Crippen LogP contribution in [0.4, 0.5) is 13.2 Å². The molecule has 0 bridgehead atoms. The van der Waals surface area contributed by atoms with Crippen molar-refractivity contribution >= 4 is 11.8 Å². The zero-order chi connectivity index (χ0) is 18.0. The van der Waals surface area contributed by atoms with Crippen molar-refractivity contribution in [1.29, 1.82) is 0 Å². The van der Waals surface area contributed by atoms with E-state index in [1.807, 2.05) is 0 Å². The molecule has 0 radical (unpaired) electrons. The van der Waals surface area contributed by atoms with E-state index in [9.17, 15) is 22.8 Å². The van der Waals surface area contributed by atoms with Gasteiger partial charge in [0.2, 0.25) is 5.91 Å². The summed E-state index contributed by atoms with van der Waals surface area (Å²) >= 11 is 0. The van der Waals surface area contributed by atoms with E-state index in [0.717, 1.165) is 6.07 Å². The van der Waals surface area contributed by atoms with Crippen LogP contribution < -0.4 is 5.32 Å². The average Bonchev–Trinajstić information content (AvgIpc) is 3.18. The molecule has 2 aromatic rings. The summed E-state index contributed by atoms with van der Waals surface area (Å²) < 4.78 is 39.2. The molecule has 5 nitrogen and oxygen atoms in total. The first-order valence-corrected chi connectivity index (χ1v) is 7.71. The molecule has 0 unspecified atom stereocenters. The monoisotopic (exact) mass is 351 g/mol. The molecule has 0 aliphatic carbocycles. The quantitative estimate of drug-likeness (QED) is 0.889. The van der Waals surface area contributed by atoms with Crippen LogP contribution in [-0.2, 0) is 17.5 Å². The van der Waals surface area contributed by atoms with Crippen molar-refractivity contribution in [2.45, 2.75) is 25.2 Å². The summed E-state index contributed by atoms with van der Waals surface area (Å²) in [7, 11) is 0. The fourth-order valence-corrected chi connectivity index (χ4v) is 2.90. The number of amides is 2. The second kappa shape index (κ2) is 6.62. The van der Waals surface area contributed by atoms with Gasteiger partial charge in [-0.1, -0.05) is 18.2 Å². The van der Waals surface area contributed by atoms with E-state index >= 15 is 0 Å². The van der Waals surface area contributed by atoms with Gasteiger partial charge in [-0.3, -0.25) is 9.59 Å². The number of aromatic nitrogens is 1. The SMILES string of the molecule is O=C(N[C@@H]1CC(=O)N(Cc2ccccc2C(F)(F)F)C1)c1ccc[nH]1. The van der Waals surface area contributed by atoms with Gasteiger partial charge in [0.15, 0.2) is 0 Å². The third-order valence-corrected chi connectivity index (χ3v) is 4.08. The van der Waals surface area contributed by atoms with Gasteiger partial charge >= 0.3 is 6.18 Å². The van der Waals surface area contributed by atoms with Crippen molar-refractivity contribution in [2.24, 2.45) is 0 Å². The standard InChI is InChI=1S/C17H16F3N3O2/c18-17(19,20)13-5-2-1-4-11(13)9-23-10-12(8-15(23)24)22-16(25)14-6-3-7-21-14/h1-7,12,21H,8-10H2,(H,22,25)/t12-/m1/s1. The van der Waals surface area contributed by atoms with Crippen LogP contribution in [0.25, 0.3) is 0 Å². The van der Waals surface area contributed by atoms with Gasteiger partial charge in [0.1, 0.15) is 5.69 Å². The number of nitrogens with one attached hydrogen (secondary N) is 2. The summed E-state index contributed by atoms with van der Waals surface area (Å²) in [6, 6.07) is 8.04. The van der Waals surface area contributed by atoms with Crippen molar-refractivity contribution in [3.63, 3.8) is 0 Å². The fraction of sp³-hybridized carbons (Fsp3) is 0.294. The highest BCUT2D eigenvalue weighted by Crippen LogP contribution is 2.32. The number of H-pyrrole nitrogens is 1. The van der Waals surface area contributed by atoms with E-state index in [2.05, 4.69) is 10.3 Å². The molecule has 1 aromatic heterocycles. The second-order valence-corrected chi connectivity index (χ2v) is 5.89. The number of nitrogens with zero attached hydrogens (tertiary/aromatic N) is 1. The molecule has 2 heterocycles. The van der Waals surface area contributed by atoms with Crippen LogP contribution in [0.3, 0.4) is 0 Å². The lowest BCUT2D eigenvalue weighted by atomic mass is 10.1. The molecule has 2 amide bonds. The first-order chi connectivity index (χ1) is 11.8. The summed E-state index contributed by atoms with van der Waals surface area (Å²) in [6.07, 6.45) is -2.80. The van der Waals surface area contributed by atoms with Crippen LogP contribution in [0.5, 0.6) is 0 Å². The second-order valence-electron chi connectivity index (χ2n) is 5.89. The lowest BCUT2D eigenvalue weighted by molar-refractivity contribution is -0.139. The molecule has 3 rings (SSSR count). The number of benzene rings is 1. The third-order valence-electron chi connectivity index (χ3n) is 4.08. The lowest BCUT2D eigenvalue weighted by Crippen LogP contribution is -2.37. The molecule has 1 atom stereocenters. The van der Waals surface area contributed by atoms with Gasteiger partial charge in [0.05, 0.1) is 11.6 Å². The number of carbonyl (C=O) groups is 2. The zero-order valence-corrected chi connectivity index (χ0v) is 13.1. The number of hydrogen-bond donors (Lipinski definition) is 2. The minimum absolute atomic E-state index is 0.0414. The molecule has 1 fully saturated rings. The predicted molar refractivity (Wildman–Crippen MR) is 83.5 cm³/mol. The Hall–Kier alpha value is -2.77. The molecule has 1 aliphatic heterocycles. The maximum Gasteiger partial charge on any atom is 0.416 e. The number of alkyl halides is 3. The normalized spacial score (nSPS) is 17.8. The van der Waals surface area contributed by atoms with Gasteiger partial charge in [-0.15, -0.1) is 0 Å². The number of hydrogen-bond acceptors (Lipinski definition) is 2. The molecule has 8 heteroatoms. The van der Waals surface area contributed by atoms with Gasteiger partial charge in [-0.25, -0.2) is 0 Å². The fourth-order valence-electron chi connectivity index (χ4n) is 2.90. The summed E-state index contributed by atoms with van der Waals surface area (Å²) in [4.78, 5) is 28.2. The van der Waals surface area contributed by atoms with Crippen molar-refractivity contribution in [1.82, 2.24) is 15.2 Å². The van der Waals surface area contributed by atoms with E-state index in [-0.39, 0.29) is 36.9 Å². The lowest BCUT2D eigenvalue weighted by Gasteiger charge is -2.20. The van der Waals surface area contributed by atoms with E-state index in [1.54, 1.807) is 18.3 Å². The molecular weight excluding hydrogens is 335 g/mol. The van der Waals surface area contributed by atoms with Gasteiger partial charge < -0.3 is 15.2 Å². The van der Waals surface area contributed by atoms with Crippen molar-refractivity contribution in [3.05, 3.63) is 59.4 Å². The van der Waals surface area contributed by atoms with Crippen molar-refractivity contribution in [3.8, 4) is 0 Å². The Morgan fingerprint density at radius 1 is 1.24 bits per heavy atom. The van der Waals surface area contributed by atoms with E-state index in [1.165, 1.54) is 23.1 Å². The molecule has 132 valence electrons. The minimum Gasteiger partial charge on any atom is -0.357 e. The Bertz CT molecular complexity index is 772. The largest absolute Gasteiger partial charge is 0.416 e. The molecule has 1 aliphatic rings. The Morgan fingerprint density at radius 2 is 2.00 bits per heavy atom. The predicted octanol–water partition coefficient (Wildman–Crippen LogP) is 2.56. The van der Waals surface area contributed by atoms with Crippen LogP contribution in [0.1, 0.15) is 28.0 Å².